The van der Waals surface area contributed by atoms with Gasteiger partial charge in [-0.1, -0.05) is 52.0 Å². The fourth-order valence-corrected chi connectivity index (χ4v) is 3.84. The number of halogens is 3. The minimum atomic E-state index is -0.618. The maximum Gasteiger partial charge on any atom is 0.184 e. The first-order chi connectivity index (χ1) is 20.3. The molecule has 0 amide bonds. The van der Waals surface area contributed by atoms with E-state index in [1.54, 1.807) is 13.8 Å². The molecule has 3 aromatic rings. The second-order valence-corrected chi connectivity index (χ2v) is 8.86. The minimum absolute atomic E-state index is 0.00516. The van der Waals surface area contributed by atoms with Gasteiger partial charge in [-0.15, -0.1) is 0 Å². The molecule has 226 valence electrons. The number of aliphatic imine (C=N–C) groups is 1. The van der Waals surface area contributed by atoms with Crippen molar-refractivity contribution in [3.8, 4) is 6.07 Å². The Morgan fingerprint density at radius 2 is 1.86 bits per heavy atom. The number of benzene rings is 1. The molecule has 10 heteroatoms. The van der Waals surface area contributed by atoms with E-state index in [-0.39, 0.29) is 28.3 Å². The van der Waals surface area contributed by atoms with Crippen molar-refractivity contribution in [1.82, 2.24) is 9.97 Å². The van der Waals surface area contributed by atoms with Crippen LogP contribution in [0.1, 0.15) is 76.4 Å². The van der Waals surface area contributed by atoms with Crippen molar-refractivity contribution in [3.63, 3.8) is 0 Å². The molecule has 0 saturated heterocycles. The number of ether oxygens (including phenoxy) is 1. The first-order valence-electron chi connectivity index (χ1n) is 14.1. The van der Waals surface area contributed by atoms with Crippen molar-refractivity contribution in [1.29, 1.82) is 5.26 Å². The van der Waals surface area contributed by atoms with Gasteiger partial charge in [0, 0.05) is 36.9 Å². The van der Waals surface area contributed by atoms with Crippen LogP contribution in [0.5, 0.6) is 0 Å². The van der Waals surface area contributed by atoms with Gasteiger partial charge in [-0.2, -0.15) is 5.26 Å². The van der Waals surface area contributed by atoms with Crippen molar-refractivity contribution in [2.45, 2.75) is 67.3 Å². The van der Waals surface area contributed by atoms with Crippen molar-refractivity contribution in [3.05, 3.63) is 82.3 Å². The lowest BCUT2D eigenvalue weighted by Crippen LogP contribution is -2.07. The van der Waals surface area contributed by atoms with E-state index in [0.29, 0.717) is 47.1 Å². The zero-order valence-electron chi connectivity index (χ0n) is 25.3. The molecule has 3 rings (SSSR count). The van der Waals surface area contributed by atoms with Gasteiger partial charge in [0.2, 0.25) is 0 Å². The normalized spacial score (nSPS) is 11.1. The highest BCUT2D eigenvalue weighted by Gasteiger charge is 2.18. The van der Waals surface area contributed by atoms with Gasteiger partial charge in [0.15, 0.2) is 11.7 Å². The zero-order valence-corrected chi connectivity index (χ0v) is 26.1. The third kappa shape index (κ3) is 10.2. The number of aromatic nitrogens is 2. The topological polar surface area (TPSA) is 109 Å². The smallest absolute Gasteiger partial charge is 0.184 e. The first kappa shape index (κ1) is 36.2. The molecule has 7 nitrogen and oxygen atoms in total. The second-order valence-electron chi connectivity index (χ2n) is 8.48. The standard InChI is InChI=1S/C28H29ClF2N6O.2C2H6/c1-4-20(15-34-18(3)38-11-7-5-6-10-32)26-23(31)13-24-27(37-26)28(25(29)17(2)36-24)35-16-21-12-19(14-33)8-9-22(21)30;2*1-2/h4,8-9,12-13,15H,1,5-7,10-11,16,32H2,2-3H3,(H,35,36);2*1-2H3/b20-15+,34-18?;;. The third-order valence-corrected chi connectivity index (χ3v) is 6.15. The molecule has 0 aliphatic heterocycles. The summed E-state index contributed by atoms with van der Waals surface area (Å²) in [7, 11) is 0. The van der Waals surface area contributed by atoms with Gasteiger partial charge in [0.25, 0.3) is 0 Å². The molecule has 3 N–H and O–H groups in total. The van der Waals surface area contributed by atoms with Crippen molar-refractivity contribution >= 4 is 39.8 Å². The second kappa shape index (κ2) is 19.3. The summed E-state index contributed by atoms with van der Waals surface area (Å²) in [6, 6.07) is 7.32. The zero-order chi connectivity index (χ0) is 31.7. The Morgan fingerprint density at radius 3 is 2.50 bits per heavy atom. The Kier molecular flexibility index (Phi) is 16.6. The number of nitriles is 1. The lowest BCUT2D eigenvalue weighted by molar-refractivity contribution is 0.291. The van der Waals surface area contributed by atoms with Crippen molar-refractivity contribution < 1.29 is 13.5 Å². The average molecular weight is 599 g/mol. The molecule has 0 atom stereocenters. The summed E-state index contributed by atoms with van der Waals surface area (Å²) >= 11 is 6.54. The van der Waals surface area contributed by atoms with Crippen molar-refractivity contribution in [2.75, 3.05) is 18.5 Å². The highest BCUT2D eigenvalue weighted by molar-refractivity contribution is 6.35. The monoisotopic (exact) mass is 598 g/mol. The van der Waals surface area contributed by atoms with Gasteiger partial charge in [-0.05, 0) is 50.9 Å². The molecular weight excluding hydrogens is 558 g/mol. The third-order valence-electron chi connectivity index (χ3n) is 5.69. The summed E-state index contributed by atoms with van der Waals surface area (Å²) < 4.78 is 35.1. The maximum absolute atomic E-state index is 15.1. The number of nitrogens with zero attached hydrogens (tertiary/aromatic N) is 4. The highest BCUT2D eigenvalue weighted by atomic mass is 35.5. The quantitative estimate of drug-likeness (QED) is 0.0991. The molecule has 0 aliphatic carbocycles. The summed E-state index contributed by atoms with van der Waals surface area (Å²) in [4.78, 5) is 13.1. The van der Waals surface area contributed by atoms with Crippen LogP contribution in [-0.4, -0.2) is 29.0 Å². The van der Waals surface area contributed by atoms with Crippen LogP contribution < -0.4 is 11.1 Å². The van der Waals surface area contributed by atoms with Gasteiger partial charge in [0.05, 0.1) is 40.2 Å². The van der Waals surface area contributed by atoms with Crippen LogP contribution in [0.3, 0.4) is 0 Å². The molecule has 0 fully saturated rings. The number of nitrogens with two attached hydrogens (primary N) is 1. The Balaban J connectivity index is 0.00000211. The van der Waals surface area contributed by atoms with E-state index in [1.165, 1.54) is 36.5 Å². The number of anilines is 1. The number of allylic oxidation sites excluding steroid dienone is 2. The Labute approximate surface area is 253 Å². The van der Waals surface area contributed by atoms with Crippen LogP contribution in [0.25, 0.3) is 16.6 Å². The summed E-state index contributed by atoms with van der Waals surface area (Å²) in [6.07, 6.45) is 5.62. The number of rotatable bonds is 11. The van der Waals surface area contributed by atoms with E-state index in [2.05, 4.69) is 26.9 Å². The fourth-order valence-electron chi connectivity index (χ4n) is 3.64. The van der Waals surface area contributed by atoms with E-state index in [0.717, 1.165) is 19.3 Å². The Morgan fingerprint density at radius 1 is 1.14 bits per heavy atom. The van der Waals surface area contributed by atoms with Gasteiger partial charge in [-0.3, -0.25) is 0 Å². The number of pyridine rings is 2. The van der Waals surface area contributed by atoms with Crippen LogP contribution >= 0.6 is 11.6 Å². The molecule has 42 heavy (non-hydrogen) atoms. The van der Waals surface area contributed by atoms with Gasteiger partial charge in [0.1, 0.15) is 17.0 Å². The predicted molar refractivity (Wildman–Crippen MR) is 171 cm³/mol. The van der Waals surface area contributed by atoms with E-state index in [4.69, 9.17) is 27.3 Å². The summed E-state index contributed by atoms with van der Waals surface area (Å²) in [5.41, 5.74) is 7.78. The molecule has 1 aromatic carbocycles. The van der Waals surface area contributed by atoms with Crippen LogP contribution in [0.15, 0.2) is 48.1 Å². The molecule has 0 unspecified atom stereocenters. The van der Waals surface area contributed by atoms with Crippen LogP contribution in [-0.2, 0) is 11.3 Å². The van der Waals surface area contributed by atoms with Crippen LogP contribution in [0.4, 0.5) is 14.5 Å². The number of hydrogen-bond donors (Lipinski definition) is 2. The average Bonchev–Trinajstić information content (AvgIpc) is 3.01. The SMILES string of the molecule is C=C/C(=C\N=C(C)OCCCCCN)c1nc2c(NCc3cc(C#N)ccc3F)c(Cl)c(C)nc2cc1F.CC.CC. The van der Waals surface area contributed by atoms with E-state index >= 15 is 4.39 Å². The highest BCUT2D eigenvalue weighted by Crippen LogP contribution is 2.34. The van der Waals surface area contributed by atoms with Crippen LogP contribution in [0, 0.1) is 29.9 Å². The van der Waals surface area contributed by atoms with E-state index < -0.39 is 11.6 Å². The van der Waals surface area contributed by atoms with E-state index in [9.17, 15) is 4.39 Å². The molecule has 2 heterocycles. The molecule has 0 radical (unpaired) electrons. The predicted octanol–water partition coefficient (Wildman–Crippen LogP) is 8.50. The first-order valence-corrected chi connectivity index (χ1v) is 14.5. The lowest BCUT2D eigenvalue weighted by atomic mass is 10.1. The Bertz CT molecular complexity index is 1430. The van der Waals surface area contributed by atoms with Gasteiger partial charge >= 0.3 is 0 Å². The van der Waals surface area contributed by atoms with E-state index in [1.807, 2.05) is 33.8 Å². The summed E-state index contributed by atoms with van der Waals surface area (Å²) in [5, 5.41) is 12.5. The number of hydrogen-bond acceptors (Lipinski definition) is 7. The van der Waals surface area contributed by atoms with Gasteiger partial charge < -0.3 is 15.8 Å². The largest absolute Gasteiger partial charge is 0.481 e. The summed E-state index contributed by atoms with van der Waals surface area (Å²) in [6.45, 7) is 16.3. The molecule has 0 bridgehead atoms. The fraction of sp³-hybridized carbons (Fsp3) is 0.375. The number of unbranched alkanes of at least 4 members (excludes halogenated alkanes) is 2. The molecular formula is C32H41ClF2N6O. The van der Waals surface area contributed by atoms with Crippen LogP contribution in [0.2, 0.25) is 5.02 Å². The van der Waals surface area contributed by atoms with Gasteiger partial charge in [-0.25, -0.2) is 23.7 Å². The molecule has 0 aliphatic rings. The maximum atomic E-state index is 15.1. The lowest BCUT2D eigenvalue weighted by Gasteiger charge is -2.15. The minimum Gasteiger partial charge on any atom is -0.481 e. The molecule has 2 aromatic heterocycles. The number of fused-ring (bicyclic) bond motifs is 1. The molecule has 0 saturated carbocycles. The summed E-state index contributed by atoms with van der Waals surface area (Å²) in [5.74, 6) is -0.677. The molecule has 0 spiro atoms. The number of aryl methyl sites for hydroxylation is 1. The van der Waals surface area contributed by atoms with Crippen molar-refractivity contribution in [2.24, 2.45) is 10.7 Å². The number of nitrogens with one attached hydrogen (secondary N) is 1. The Hall–Kier alpha value is -3.87.